The lowest BCUT2D eigenvalue weighted by Crippen LogP contribution is -2.00. The molecule has 0 saturated carbocycles. The molecule has 0 aliphatic rings. The highest BCUT2D eigenvalue weighted by Gasteiger charge is 2.19. The van der Waals surface area contributed by atoms with Gasteiger partial charge in [-0.1, -0.05) is 164 Å². The van der Waals surface area contributed by atoms with Gasteiger partial charge in [0.1, 0.15) is 0 Å². The van der Waals surface area contributed by atoms with Crippen molar-refractivity contribution in [3.8, 4) is 79.5 Å². The van der Waals surface area contributed by atoms with Crippen molar-refractivity contribution in [2.24, 2.45) is 0 Å². The van der Waals surface area contributed by atoms with Crippen molar-refractivity contribution in [3.63, 3.8) is 0 Å². The highest BCUT2D eigenvalue weighted by atomic mass is 32.1. The Hall–Kier alpha value is -7.22. The largest absolute Gasteiger partial charge is 0.208 e. The molecule has 10 aromatic rings. The summed E-state index contributed by atoms with van der Waals surface area (Å²) in [5.41, 5.74) is 7.74. The topological polar surface area (TPSA) is 77.3 Å². The van der Waals surface area contributed by atoms with Gasteiger partial charge in [0, 0.05) is 53.6 Å². The monoisotopic (exact) mass is 722 g/mol. The Morgan fingerprint density at radius 1 is 0.273 bits per heavy atom. The second-order valence-electron chi connectivity index (χ2n) is 13.2. The summed E-state index contributed by atoms with van der Waals surface area (Å²) >= 11 is 1.77. The van der Waals surface area contributed by atoms with Crippen LogP contribution in [0.3, 0.4) is 0 Å². The standard InChI is InChI=1S/C48H30N6S/c1-5-15-32(16-6-1)43-49-44(33-17-7-2-8-18-33)51-47(50-43)36-27-25-31(26-28-36)37-29-39-38-23-13-14-24-41(38)55-42(39)40(30-37)48-53-45(34-19-9-3-10-20-34)52-46(54-48)35-21-11-4-12-22-35/h1-30H. The third kappa shape index (κ3) is 6.33. The van der Waals surface area contributed by atoms with Crippen LogP contribution in [0.5, 0.6) is 0 Å². The molecule has 10 rings (SSSR count). The minimum atomic E-state index is 0.617. The first-order chi connectivity index (χ1) is 27.2. The molecule has 7 aromatic carbocycles. The van der Waals surface area contributed by atoms with Gasteiger partial charge >= 0.3 is 0 Å². The van der Waals surface area contributed by atoms with Gasteiger partial charge in [-0.3, -0.25) is 0 Å². The van der Waals surface area contributed by atoms with E-state index in [1.54, 1.807) is 11.3 Å². The predicted molar refractivity (Wildman–Crippen MR) is 224 cm³/mol. The number of nitrogens with zero attached hydrogens (tertiary/aromatic N) is 6. The van der Waals surface area contributed by atoms with Crippen LogP contribution in [0.2, 0.25) is 0 Å². The van der Waals surface area contributed by atoms with Gasteiger partial charge in [0.25, 0.3) is 0 Å². The summed E-state index contributed by atoms with van der Waals surface area (Å²) in [6.45, 7) is 0. The number of hydrogen-bond acceptors (Lipinski definition) is 7. The van der Waals surface area contributed by atoms with Crippen LogP contribution < -0.4 is 0 Å². The van der Waals surface area contributed by atoms with Crippen LogP contribution in [0.1, 0.15) is 0 Å². The molecule has 3 heterocycles. The lowest BCUT2D eigenvalue weighted by Gasteiger charge is -2.12. The average Bonchev–Trinajstić information content (AvgIpc) is 3.66. The maximum atomic E-state index is 5.14. The molecule has 6 nitrogen and oxygen atoms in total. The van der Waals surface area contributed by atoms with Crippen molar-refractivity contribution >= 4 is 31.5 Å². The fraction of sp³-hybridized carbons (Fsp3) is 0. The highest BCUT2D eigenvalue weighted by Crippen LogP contribution is 2.42. The summed E-state index contributed by atoms with van der Waals surface area (Å²) in [4.78, 5) is 30.0. The Bertz CT molecular complexity index is 2840. The van der Waals surface area contributed by atoms with Crippen LogP contribution in [-0.4, -0.2) is 29.9 Å². The third-order valence-electron chi connectivity index (χ3n) is 9.59. The lowest BCUT2D eigenvalue weighted by molar-refractivity contribution is 1.07. The molecule has 0 spiro atoms. The van der Waals surface area contributed by atoms with Gasteiger partial charge in [-0.05, 0) is 29.3 Å². The number of rotatable bonds is 7. The quantitative estimate of drug-likeness (QED) is 0.163. The van der Waals surface area contributed by atoms with Crippen LogP contribution in [-0.2, 0) is 0 Å². The van der Waals surface area contributed by atoms with Gasteiger partial charge in [-0.15, -0.1) is 11.3 Å². The van der Waals surface area contributed by atoms with Crippen LogP contribution in [0.25, 0.3) is 99.6 Å². The molecule has 0 N–H and O–H groups in total. The predicted octanol–water partition coefficient (Wildman–Crippen LogP) is 12.1. The van der Waals surface area contributed by atoms with Crippen molar-refractivity contribution < 1.29 is 0 Å². The number of thiophene rings is 1. The molecule has 0 amide bonds. The molecule has 0 bridgehead atoms. The van der Waals surface area contributed by atoms with E-state index in [1.807, 2.05) is 121 Å². The molecule has 0 aliphatic heterocycles. The number of fused-ring (bicyclic) bond motifs is 3. The first-order valence-corrected chi connectivity index (χ1v) is 18.9. The molecule has 0 saturated heterocycles. The average molecular weight is 723 g/mol. The Kier molecular flexibility index (Phi) is 8.24. The van der Waals surface area contributed by atoms with Gasteiger partial charge in [-0.25, -0.2) is 29.9 Å². The molecular weight excluding hydrogens is 693 g/mol. The van der Waals surface area contributed by atoms with E-state index in [4.69, 9.17) is 29.9 Å². The molecule has 3 aromatic heterocycles. The maximum Gasteiger partial charge on any atom is 0.165 e. The number of hydrogen-bond donors (Lipinski definition) is 0. The summed E-state index contributed by atoms with van der Waals surface area (Å²) < 4.78 is 2.35. The van der Waals surface area contributed by atoms with Crippen molar-refractivity contribution in [1.29, 1.82) is 0 Å². The van der Waals surface area contributed by atoms with Crippen LogP contribution in [0.4, 0.5) is 0 Å². The first-order valence-electron chi connectivity index (χ1n) is 18.0. The minimum absolute atomic E-state index is 0.617. The number of benzene rings is 7. The molecule has 0 atom stereocenters. The zero-order valence-electron chi connectivity index (χ0n) is 29.4. The summed E-state index contributed by atoms with van der Waals surface area (Å²) in [6.07, 6.45) is 0. The SMILES string of the molecule is c1ccc(-c2nc(-c3ccccc3)nc(-c3ccc(-c4cc(-c5nc(-c6ccccc6)nc(-c6ccccc6)n5)c5sc6ccccc6c5c4)cc3)n2)cc1. The highest BCUT2D eigenvalue weighted by molar-refractivity contribution is 7.26. The maximum absolute atomic E-state index is 5.14. The van der Waals surface area contributed by atoms with Crippen molar-refractivity contribution in [2.75, 3.05) is 0 Å². The zero-order valence-corrected chi connectivity index (χ0v) is 30.2. The van der Waals surface area contributed by atoms with Gasteiger partial charge in [-0.2, -0.15) is 0 Å². The summed E-state index contributed by atoms with van der Waals surface area (Å²) in [7, 11) is 0. The van der Waals surface area contributed by atoms with E-state index >= 15 is 0 Å². The Labute approximate surface area is 321 Å². The van der Waals surface area contributed by atoms with E-state index in [2.05, 4.69) is 60.7 Å². The summed E-state index contributed by atoms with van der Waals surface area (Å²) in [5.74, 6) is 3.79. The van der Waals surface area contributed by atoms with Gasteiger partial charge in [0.2, 0.25) is 0 Å². The second-order valence-corrected chi connectivity index (χ2v) is 14.2. The van der Waals surface area contributed by atoms with E-state index in [1.165, 1.54) is 10.1 Å². The van der Waals surface area contributed by atoms with E-state index in [-0.39, 0.29) is 0 Å². The molecule has 7 heteroatoms. The fourth-order valence-electron chi connectivity index (χ4n) is 6.84. The lowest BCUT2D eigenvalue weighted by atomic mass is 9.98. The van der Waals surface area contributed by atoms with Crippen LogP contribution >= 0.6 is 11.3 Å². The summed E-state index contributed by atoms with van der Waals surface area (Å²) in [6, 6.07) is 61.8. The molecule has 0 unspecified atom stereocenters. The molecule has 0 fully saturated rings. The van der Waals surface area contributed by atoms with Crippen molar-refractivity contribution in [3.05, 3.63) is 182 Å². The van der Waals surface area contributed by atoms with E-state index in [9.17, 15) is 0 Å². The second kappa shape index (κ2) is 14.0. The molecule has 0 radical (unpaired) electrons. The normalized spacial score (nSPS) is 11.3. The van der Waals surface area contributed by atoms with Gasteiger partial charge < -0.3 is 0 Å². The first kappa shape index (κ1) is 32.4. The Morgan fingerprint density at radius 3 is 1.09 bits per heavy atom. The molecule has 0 aliphatic carbocycles. The fourth-order valence-corrected chi connectivity index (χ4v) is 8.03. The molecular formula is C48H30N6S. The van der Waals surface area contributed by atoms with E-state index in [0.29, 0.717) is 34.9 Å². The van der Waals surface area contributed by atoms with Gasteiger partial charge in [0.05, 0.1) is 0 Å². The molecule has 55 heavy (non-hydrogen) atoms. The summed E-state index contributed by atoms with van der Waals surface area (Å²) in [5, 5.41) is 2.37. The smallest absolute Gasteiger partial charge is 0.165 e. The third-order valence-corrected chi connectivity index (χ3v) is 10.8. The van der Waals surface area contributed by atoms with Crippen molar-refractivity contribution in [1.82, 2.24) is 29.9 Å². The van der Waals surface area contributed by atoms with Crippen LogP contribution in [0, 0.1) is 0 Å². The minimum Gasteiger partial charge on any atom is -0.208 e. The zero-order chi connectivity index (χ0) is 36.6. The van der Waals surface area contributed by atoms with Crippen molar-refractivity contribution in [2.45, 2.75) is 0 Å². The van der Waals surface area contributed by atoms with E-state index < -0.39 is 0 Å². The Balaban J connectivity index is 1.13. The van der Waals surface area contributed by atoms with Gasteiger partial charge in [0.15, 0.2) is 34.9 Å². The van der Waals surface area contributed by atoms with E-state index in [0.717, 1.165) is 54.6 Å². The number of aromatic nitrogens is 6. The molecule has 258 valence electrons. The Morgan fingerprint density at radius 2 is 0.636 bits per heavy atom. The van der Waals surface area contributed by atoms with Crippen LogP contribution in [0.15, 0.2) is 182 Å².